The van der Waals surface area contributed by atoms with E-state index in [9.17, 15) is 4.79 Å². The Labute approximate surface area is 94.1 Å². The molecule has 4 heteroatoms. The first-order chi connectivity index (χ1) is 7.59. The molecule has 0 unspecified atom stereocenters. The third-order valence-electron chi connectivity index (χ3n) is 2.74. The second-order valence-electron chi connectivity index (χ2n) is 4.02. The first-order valence-corrected chi connectivity index (χ1v) is 5.26. The van der Waals surface area contributed by atoms with Gasteiger partial charge in [0.05, 0.1) is 17.4 Å². The van der Waals surface area contributed by atoms with E-state index in [2.05, 4.69) is 21.4 Å². The van der Waals surface area contributed by atoms with Gasteiger partial charge in [0, 0.05) is 13.5 Å². The van der Waals surface area contributed by atoms with Crippen LogP contribution in [0.1, 0.15) is 23.6 Å². The van der Waals surface area contributed by atoms with Gasteiger partial charge in [-0.15, -0.1) is 0 Å². The highest BCUT2D eigenvalue weighted by molar-refractivity contribution is 5.83. The summed E-state index contributed by atoms with van der Waals surface area (Å²) in [5, 5.41) is 2.82. The number of benzene rings is 1. The smallest absolute Gasteiger partial charge is 0.217 e. The SMILES string of the molecule is CC(=O)NCc1c(C)cc(C)c2nc[nH]c12. The molecule has 1 heterocycles. The van der Waals surface area contributed by atoms with Crippen molar-refractivity contribution in [1.29, 1.82) is 0 Å². The summed E-state index contributed by atoms with van der Waals surface area (Å²) in [5.41, 5.74) is 5.42. The Morgan fingerprint density at radius 1 is 1.44 bits per heavy atom. The number of H-pyrrole nitrogens is 1. The molecule has 0 bridgehead atoms. The molecule has 16 heavy (non-hydrogen) atoms. The monoisotopic (exact) mass is 217 g/mol. The van der Waals surface area contributed by atoms with Crippen molar-refractivity contribution in [2.24, 2.45) is 0 Å². The zero-order chi connectivity index (χ0) is 11.7. The minimum Gasteiger partial charge on any atom is -0.352 e. The van der Waals surface area contributed by atoms with E-state index in [0.717, 1.165) is 22.2 Å². The lowest BCUT2D eigenvalue weighted by Gasteiger charge is -2.09. The number of carbonyl (C=O) groups excluding carboxylic acids is 1. The van der Waals surface area contributed by atoms with E-state index in [1.165, 1.54) is 12.5 Å². The summed E-state index contributed by atoms with van der Waals surface area (Å²) in [4.78, 5) is 18.3. The van der Waals surface area contributed by atoms with Gasteiger partial charge in [0.15, 0.2) is 0 Å². The predicted octanol–water partition coefficient (Wildman–Crippen LogP) is 1.82. The van der Waals surface area contributed by atoms with Crippen LogP contribution in [0.25, 0.3) is 11.0 Å². The molecule has 0 aliphatic carbocycles. The summed E-state index contributed by atoms with van der Waals surface area (Å²) in [6.07, 6.45) is 1.69. The molecule has 0 fully saturated rings. The molecule has 0 atom stereocenters. The molecule has 1 aromatic heterocycles. The number of nitrogens with zero attached hydrogens (tertiary/aromatic N) is 1. The van der Waals surface area contributed by atoms with Crippen molar-refractivity contribution in [2.75, 3.05) is 0 Å². The van der Waals surface area contributed by atoms with Crippen LogP contribution in [-0.4, -0.2) is 15.9 Å². The standard InChI is InChI=1S/C12H15N3O/c1-7-4-8(2)11-12(15-6-14-11)10(7)5-13-9(3)16/h4,6H,5H2,1-3H3,(H,13,16)(H,14,15). The van der Waals surface area contributed by atoms with Crippen LogP contribution < -0.4 is 5.32 Å². The number of fused-ring (bicyclic) bond motifs is 1. The predicted molar refractivity (Wildman–Crippen MR) is 63.1 cm³/mol. The number of aromatic amines is 1. The van der Waals surface area contributed by atoms with E-state index in [4.69, 9.17) is 0 Å². The molecule has 1 amide bonds. The first kappa shape index (κ1) is 10.7. The number of nitrogens with one attached hydrogen (secondary N) is 2. The average molecular weight is 217 g/mol. The number of hydrogen-bond donors (Lipinski definition) is 2. The highest BCUT2D eigenvalue weighted by Crippen LogP contribution is 2.22. The van der Waals surface area contributed by atoms with Gasteiger partial charge in [0.1, 0.15) is 0 Å². The Bertz CT molecular complexity index is 542. The van der Waals surface area contributed by atoms with E-state index < -0.39 is 0 Å². The van der Waals surface area contributed by atoms with Gasteiger partial charge in [0.25, 0.3) is 0 Å². The fraction of sp³-hybridized carbons (Fsp3) is 0.333. The van der Waals surface area contributed by atoms with Gasteiger partial charge in [-0.1, -0.05) is 6.07 Å². The maximum atomic E-state index is 10.9. The number of hydrogen-bond acceptors (Lipinski definition) is 2. The third-order valence-corrected chi connectivity index (χ3v) is 2.74. The fourth-order valence-corrected chi connectivity index (χ4v) is 1.94. The van der Waals surface area contributed by atoms with Crippen LogP contribution in [0.3, 0.4) is 0 Å². The molecule has 84 valence electrons. The summed E-state index contributed by atoms with van der Waals surface area (Å²) in [6.45, 7) is 6.15. The van der Waals surface area contributed by atoms with Gasteiger partial charge in [-0.2, -0.15) is 0 Å². The van der Waals surface area contributed by atoms with Crippen molar-refractivity contribution >= 4 is 16.9 Å². The summed E-state index contributed by atoms with van der Waals surface area (Å²) in [7, 11) is 0. The number of rotatable bonds is 2. The number of aryl methyl sites for hydroxylation is 2. The largest absolute Gasteiger partial charge is 0.352 e. The van der Waals surface area contributed by atoms with Crippen molar-refractivity contribution < 1.29 is 4.79 Å². The van der Waals surface area contributed by atoms with E-state index in [1.807, 2.05) is 13.8 Å². The molecule has 0 saturated heterocycles. The Hall–Kier alpha value is -1.84. The molecule has 1 aromatic carbocycles. The van der Waals surface area contributed by atoms with Crippen molar-refractivity contribution in [3.8, 4) is 0 Å². The van der Waals surface area contributed by atoms with E-state index in [0.29, 0.717) is 6.54 Å². The van der Waals surface area contributed by atoms with Crippen LogP contribution in [0.2, 0.25) is 0 Å². The van der Waals surface area contributed by atoms with Gasteiger partial charge in [-0.05, 0) is 30.5 Å². The Balaban J connectivity index is 2.50. The topological polar surface area (TPSA) is 57.8 Å². The molecule has 0 aliphatic rings. The van der Waals surface area contributed by atoms with Gasteiger partial charge < -0.3 is 10.3 Å². The van der Waals surface area contributed by atoms with Gasteiger partial charge in [-0.3, -0.25) is 4.79 Å². The summed E-state index contributed by atoms with van der Waals surface area (Å²) in [5.74, 6) is -0.0207. The summed E-state index contributed by atoms with van der Waals surface area (Å²) < 4.78 is 0. The van der Waals surface area contributed by atoms with E-state index >= 15 is 0 Å². The zero-order valence-electron chi connectivity index (χ0n) is 9.72. The van der Waals surface area contributed by atoms with Crippen LogP contribution in [-0.2, 0) is 11.3 Å². The van der Waals surface area contributed by atoms with Crippen LogP contribution in [0.5, 0.6) is 0 Å². The number of imidazole rings is 1. The lowest BCUT2D eigenvalue weighted by atomic mass is 10.0. The lowest BCUT2D eigenvalue weighted by molar-refractivity contribution is -0.119. The van der Waals surface area contributed by atoms with Crippen molar-refractivity contribution in [2.45, 2.75) is 27.3 Å². The fourth-order valence-electron chi connectivity index (χ4n) is 1.94. The quantitative estimate of drug-likeness (QED) is 0.806. The average Bonchev–Trinajstić information content (AvgIpc) is 2.65. The van der Waals surface area contributed by atoms with Crippen LogP contribution >= 0.6 is 0 Å². The zero-order valence-corrected chi connectivity index (χ0v) is 9.72. The van der Waals surface area contributed by atoms with Crippen molar-refractivity contribution in [1.82, 2.24) is 15.3 Å². The van der Waals surface area contributed by atoms with E-state index in [1.54, 1.807) is 6.33 Å². The Morgan fingerprint density at radius 2 is 2.19 bits per heavy atom. The second kappa shape index (κ2) is 3.96. The molecular weight excluding hydrogens is 202 g/mol. The van der Waals surface area contributed by atoms with Crippen LogP contribution in [0.15, 0.2) is 12.4 Å². The molecule has 0 saturated carbocycles. The first-order valence-electron chi connectivity index (χ1n) is 5.26. The molecule has 0 spiro atoms. The molecule has 2 N–H and O–H groups in total. The van der Waals surface area contributed by atoms with Crippen LogP contribution in [0.4, 0.5) is 0 Å². The maximum absolute atomic E-state index is 10.9. The highest BCUT2D eigenvalue weighted by Gasteiger charge is 2.09. The molecule has 0 aliphatic heterocycles. The van der Waals surface area contributed by atoms with Gasteiger partial charge in [-0.25, -0.2) is 4.98 Å². The number of carbonyl (C=O) groups is 1. The number of aromatic nitrogens is 2. The minimum atomic E-state index is -0.0207. The highest BCUT2D eigenvalue weighted by atomic mass is 16.1. The third kappa shape index (κ3) is 1.78. The van der Waals surface area contributed by atoms with Gasteiger partial charge in [0.2, 0.25) is 5.91 Å². The minimum absolute atomic E-state index is 0.0207. The lowest BCUT2D eigenvalue weighted by Crippen LogP contribution is -2.19. The maximum Gasteiger partial charge on any atom is 0.217 e. The molecule has 2 aromatic rings. The summed E-state index contributed by atoms with van der Waals surface area (Å²) in [6, 6.07) is 2.10. The molecular formula is C12H15N3O. The van der Waals surface area contributed by atoms with Gasteiger partial charge >= 0.3 is 0 Å². The van der Waals surface area contributed by atoms with E-state index in [-0.39, 0.29) is 5.91 Å². The second-order valence-corrected chi connectivity index (χ2v) is 4.02. The van der Waals surface area contributed by atoms with Crippen LogP contribution in [0, 0.1) is 13.8 Å². The van der Waals surface area contributed by atoms with Crippen molar-refractivity contribution in [3.63, 3.8) is 0 Å². The normalized spacial score (nSPS) is 10.7. The Kier molecular flexibility index (Phi) is 2.64. The Morgan fingerprint density at radius 3 is 2.88 bits per heavy atom. The summed E-state index contributed by atoms with van der Waals surface area (Å²) >= 11 is 0. The molecule has 2 rings (SSSR count). The van der Waals surface area contributed by atoms with Crippen molar-refractivity contribution in [3.05, 3.63) is 29.1 Å². The molecule has 0 radical (unpaired) electrons. The number of amides is 1. The molecule has 4 nitrogen and oxygen atoms in total.